The van der Waals surface area contributed by atoms with E-state index in [2.05, 4.69) is 17.6 Å². The molecule has 1 saturated carbocycles. The maximum Gasteiger partial charge on any atom is 0.223 e. The zero-order valence-electron chi connectivity index (χ0n) is 11.4. The first-order valence-electron chi connectivity index (χ1n) is 7.38. The van der Waals surface area contributed by atoms with E-state index < -0.39 is 0 Å². The minimum Gasteiger partial charge on any atom is -0.376 e. The van der Waals surface area contributed by atoms with Gasteiger partial charge in [-0.05, 0) is 39.2 Å². The zero-order chi connectivity index (χ0) is 12.8. The van der Waals surface area contributed by atoms with Crippen molar-refractivity contribution in [1.29, 1.82) is 0 Å². The van der Waals surface area contributed by atoms with Gasteiger partial charge in [0, 0.05) is 18.5 Å². The number of carbonyl (C=O) groups is 1. The Morgan fingerprint density at radius 2 is 2.11 bits per heavy atom. The average Bonchev–Trinajstić information content (AvgIpc) is 2.87. The van der Waals surface area contributed by atoms with Crippen LogP contribution in [0.5, 0.6) is 0 Å². The first-order valence-corrected chi connectivity index (χ1v) is 7.38. The van der Waals surface area contributed by atoms with Crippen LogP contribution in [0.4, 0.5) is 0 Å². The highest BCUT2D eigenvalue weighted by atomic mass is 16.5. The molecule has 0 aromatic carbocycles. The summed E-state index contributed by atoms with van der Waals surface area (Å²) in [4.78, 5) is 11.9. The Hall–Kier alpha value is -0.610. The van der Waals surface area contributed by atoms with Gasteiger partial charge in [0.25, 0.3) is 0 Å². The largest absolute Gasteiger partial charge is 0.376 e. The number of amides is 1. The van der Waals surface area contributed by atoms with E-state index in [1.807, 2.05) is 0 Å². The van der Waals surface area contributed by atoms with Gasteiger partial charge in [-0.3, -0.25) is 4.79 Å². The molecule has 0 aromatic heterocycles. The highest BCUT2D eigenvalue weighted by Gasteiger charge is 2.24. The lowest BCUT2D eigenvalue weighted by molar-refractivity contribution is -0.126. The van der Waals surface area contributed by atoms with Crippen LogP contribution in [0.2, 0.25) is 0 Å². The number of nitrogens with one attached hydrogen (secondary N) is 2. The number of hydrogen-bond donors (Lipinski definition) is 2. The third kappa shape index (κ3) is 4.25. The fourth-order valence-corrected chi connectivity index (χ4v) is 2.97. The van der Waals surface area contributed by atoms with Crippen LogP contribution in [-0.2, 0) is 9.53 Å². The van der Waals surface area contributed by atoms with E-state index in [1.165, 1.54) is 25.7 Å². The van der Waals surface area contributed by atoms with Crippen LogP contribution >= 0.6 is 0 Å². The van der Waals surface area contributed by atoms with Crippen LogP contribution < -0.4 is 10.6 Å². The van der Waals surface area contributed by atoms with E-state index >= 15 is 0 Å². The second-order valence-corrected chi connectivity index (χ2v) is 5.64. The predicted octanol–water partition coefficient (Wildman–Crippen LogP) is 1.45. The molecule has 1 saturated heterocycles. The van der Waals surface area contributed by atoms with Crippen molar-refractivity contribution in [3.8, 4) is 0 Å². The standard InChI is InChI=1S/C14H26N2O2/c1-11-10-12(6-7-15-11)14(17)16-8-9-18-13-4-2-3-5-13/h11-13,15H,2-10H2,1H3,(H,16,17)/t11-,12-/m0/s1. The van der Waals surface area contributed by atoms with Crippen molar-refractivity contribution in [2.75, 3.05) is 19.7 Å². The number of ether oxygens (including phenoxy) is 1. The van der Waals surface area contributed by atoms with Gasteiger partial charge in [0.2, 0.25) is 5.91 Å². The Bertz CT molecular complexity index is 265. The van der Waals surface area contributed by atoms with E-state index in [-0.39, 0.29) is 11.8 Å². The lowest BCUT2D eigenvalue weighted by Crippen LogP contribution is -2.43. The van der Waals surface area contributed by atoms with Crippen LogP contribution in [0.15, 0.2) is 0 Å². The van der Waals surface area contributed by atoms with Crippen LogP contribution in [0.1, 0.15) is 45.4 Å². The summed E-state index contributed by atoms with van der Waals surface area (Å²) in [6.45, 7) is 4.42. The molecule has 18 heavy (non-hydrogen) atoms. The number of carbonyl (C=O) groups excluding carboxylic acids is 1. The van der Waals surface area contributed by atoms with E-state index in [9.17, 15) is 4.79 Å². The number of rotatable bonds is 5. The Morgan fingerprint density at radius 1 is 1.33 bits per heavy atom. The fourth-order valence-electron chi connectivity index (χ4n) is 2.97. The molecular weight excluding hydrogens is 228 g/mol. The van der Waals surface area contributed by atoms with Crippen molar-refractivity contribution in [3.63, 3.8) is 0 Å². The summed E-state index contributed by atoms with van der Waals surface area (Å²) in [5.41, 5.74) is 0. The second kappa shape index (κ2) is 7.10. The van der Waals surface area contributed by atoms with Gasteiger partial charge in [-0.15, -0.1) is 0 Å². The molecule has 0 bridgehead atoms. The molecule has 0 spiro atoms. The topological polar surface area (TPSA) is 50.4 Å². The van der Waals surface area contributed by atoms with Gasteiger partial charge in [0.15, 0.2) is 0 Å². The smallest absolute Gasteiger partial charge is 0.223 e. The van der Waals surface area contributed by atoms with Gasteiger partial charge >= 0.3 is 0 Å². The van der Waals surface area contributed by atoms with Gasteiger partial charge in [0.1, 0.15) is 0 Å². The highest BCUT2D eigenvalue weighted by Crippen LogP contribution is 2.20. The highest BCUT2D eigenvalue weighted by molar-refractivity contribution is 5.78. The van der Waals surface area contributed by atoms with E-state index in [4.69, 9.17) is 4.74 Å². The van der Waals surface area contributed by atoms with E-state index in [1.54, 1.807) is 0 Å². The SMILES string of the molecule is C[C@H]1C[C@@H](C(=O)NCCOC2CCCC2)CCN1. The molecule has 1 aliphatic carbocycles. The molecule has 2 fully saturated rings. The van der Waals surface area contributed by atoms with Gasteiger partial charge in [0.05, 0.1) is 12.7 Å². The molecule has 104 valence electrons. The molecule has 2 N–H and O–H groups in total. The van der Waals surface area contributed by atoms with Crippen molar-refractivity contribution in [3.05, 3.63) is 0 Å². The Labute approximate surface area is 110 Å². The number of piperidine rings is 1. The van der Waals surface area contributed by atoms with E-state index in [0.29, 0.717) is 25.3 Å². The maximum absolute atomic E-state index is 11.9. The lowest BCUT2D eigenvalue weighted by atomic mass is 9.92. The quantitative estimate of drug-likeness (QED) is 0.730. The summed E-state index contributed by atoms with van der Waals surface area (Å²) < 4.78 is 5.73. The average molecular weight is 254 g/mol. The first-order chi connectivity index (χ1) is 8.75. The molecule has 2 aliphatic rings. The van der Waals surface area contributed by atoms with Crippen LogP contribution in [0.3, 0.4) is 0 Å². The van der Waals surface area contributed by atoms with Gasteiger partial charge in [-0.25, -0.2) is 0 Å². The van der Waals surface area contributed by atoms with E-state index in [0.717, 1.165) is 19.4 Å². The normalized spacial score (nSPS) is 29.4. The monoisotopic (exact) mass is 254 g/mol. The summed E-state index contributed by atoms with van der Waals surface area (Å²) in [5.74, 6) is 0.395. The second-order valence-electron chi connectivity index (χ2n) is 5.64. The van der Waals surface area contributed by atoms with Gasteiger partial charge in [-0.1, -0.05) is 12.8 Å². The van der Waals surface area contributed by atoms with Gasteiger partial charge < -0.3 is 15.4 Å². The third-order valence-electron chi connectivity index (χ3n) is 4.05. The van der Waals surface area contributed by atoms with Gasteiger partial charge in [-0.2, -0.15) is 0 Å². The number of hydrogen-bond acceptors (Lipinski definition) is 3. The lowest BCUT2D eigenvalue weighted by Gasteiger charge is -2.27. The summed E-state index contributed by atoms with van der Waals surface area (Å²) in [6.07, 6.45) is 7.34. The zero-order valence-corrected chi connectivity index (χ0v) is 11.4. The third-order valence-corrected chi connectivity index (χ3v) is 4.05. The Balaban J connectivity index is 1.56. The van der Waals surface area contributed by atoms with Crippen molar-refractivity contribution in [1.82, 2.24) is 10.6 Å². The Morgan fingerprint density at radius 3 is 2.83 bits per heavy atom. The molecule has 0 unspecified atom stereocenters. The molecule has 1 heterocycles. The summed E-state index contributed by atoms with van der Waals surface area (Å²) in [5, 5.41) is 6.37. The molecule has 1 aliphatic heterocycles. The van der Waals surface area contributed by atoms with Crippen LogP contribution in [0.25, 0.3) is 0 Å². The van der Waals surface area contributed by atoms with Crippen LogP contribution in [0, 0.1) is 5.92 Å². The van der Waals surface area contributed by atoms with Crippen molar-refractivity contribution in [2.45, 2.75) is 57.6 Å². The molecule has 2 rings (SSSR count). The maximum atomic E-state index is 11.9. The summed E-state index contributed by atoms with van der Waals surface area (Å²) in [6, 6.07) is 0.462. The molecule has 4 nitrogen and oxygen atoms in total. The molecule has 1 amide bonds. The van der Waals surface area contributed by atoms with Crippen molar-refractivity contribution >= 4 is 5.91 Å². The molecule has 4 heteroatoms. The molecule has 2 atom stereocenters. The van der Waals surface area contributed by atoms with Crippen LogP contribution in [-0.4, -0.2) is 37.7 Å². The summed E-state index contributed by atoms with van der Waals surface area (Å²) >= 11 is 0. The Kier molecular flexibility index (Phi) is 5.45. The minimum absolute atomic E-state index is 0.188. The first kappa shape index (κ1) is 13.8. The predicted molar refractivity (Wildman–Crippen MR) is 71.4 cm³/mol. The molecular formula is C14H26N2O2. The van der Waals surface area contributed by atoms with Crippen molar-refractivity contribution < 1.29 is 9.53 Å². The minimum atomic E-state index is 0.188. The molecule has 0 aromatic rings. The van der Waals surface area contributed by atoms with Crippen molar-refractivity contribution in [2.24, 2.45) is 5.92 Å². The summed E-state index contributed by atoms with van der Waals surface area (Å²) in [7, 11) is 0. The molecule has 0 radical (unpaired) electrons. The fraction of sp³-hybridized carbons (Fsp3) is 0.929.